The standard InChI is InChI=1S/2C21H23.C2H6Si.2ClH.Zr/c2*1-3-5-9-16-14-19-13-12-17(4-2)21(20(19)15-16)18-10-7-6-8-11-18;1-3-2;;;/h2*6-8,10-15H,3-5,9H2,1-2H3;1-2H3;2*1H;/q2*-1;;;;+4/p-2. The van der Waals surface area contributed by atoms with E-state index in [1.807, 2.05) is 0 Å². The maximum absolute atomic E-state index is 4.93. The molecule has 0 aliphatic heterocycles. The molecule has 0 fully saturated rings. The van der Waals surface area contributed by atoms with Gasteiger partial charge in [0, 0.05) is 9.52 Å². The third-order valence-corrected chi connectivity index (χ3v) is 8.60. The van der Waals surface area contributed by atoms with Crippen molar-refractivity contribution >= 4 is 48.1 Å². The van der Waals surface area contributed by atoms with Crippen LogP contribution in [0, 0.1) is 0 Å². The van der Waals surface area contributed by atoms with Gasteiger partial charge in [-0.15, -0.1) is 69.1 Å². The molecular weight excluding hydrogens is 719 g/mol. The van der Waals surface area contributed by atoms with E-state index in [2.05, 4.69) is 150 Å². The Labute approximate surface area is 312 Å². The van der Waals surface area contributed by atoms with Crippen molar-refractivity contribution in [2.45, 2.75) is 92.2 Å². The summed E-state index contributed by atoms with van der Waals surface area (Å²) in [5.74, 6) is 0. The van der Waals surface area contributed by atoms with Crippen LogP contribution in [0.3, 0.4) is 0 Å². The molecule has 0 N–H and O–H groups in total. The van der Waals surface area contributed by atoms with E-state index in [1.54, 1.807) is 0 Å². The van der Waals surface area contributed by atoms with E-state index in [0.29, 0.717) is 0 Å². The zero-order valence-electron chi connectivity index (χ0n) is 29.8. The summed E-state index contributed by atoms with van der Waals surface area (Å²) in [5.41, 5.74) is 11.4. The predicted molar refractivity (Wildman–Crippen MR) is 215 cm³/mol. The van der Waals surface area contributed by atoms with Gasteiger partial charge in [-0.2, -0.15) is 12.1 Å². The van der Waals surface area contributed by atoms with Crippen molar-refractivity contribution in [3.8, 4) is 22.3 Å². The summed E-state index contributed by atoms with van der Waals surface area (Å²) in [6, 6.07) is 40.4. The molecule has 6 rings (SSSR count). The third-order valence-electron chi connectivity index (χ3n) is 8.60. The number of aryl methyl sites for hydroxylation is 4. The molecule has 6 aromatic carbocycles. The van der Waals surface area contributed by atoms with Gasteiger partial charge in [0.1, 0.15) is 0 Å². The van der Waals surface area contributed by atoms with Gasteiger partial charge in [-0.05, 0) is 36.8 Å². The molecule has 0 aliphatic rings. The molecule has 0 heterocycles. The first-order valence-electron chi connectivity index (χ1n) is 17.6. The number of rotatable bonds is 10. The second kappa shape index (κ2) is 22.5. The van der Waals surface area contributed by atoms with Crippen LogP contribution in [0.2, 0.25) is 13.1 Å². The predicted octanol–water partition coefficient (Wildman–Crippen LogP) is 14.4. The number of halogens is 2. The van der Waals surface area contributed by atoms with Crippen molar-refractivity contribution in [3.05, 3.63) is 131 Å². The Morgan fingerprint density at radius 3 is 1.23 bits per heavy atom. The van der Waals surface area contributed by atoms with Crippen molar-refractivity contribution in [2.24, 2.45) is 0 Å². The van der Waals surface area contributed by atoms with E-state index in [1.165, 1.54) is 105 Å². The minimum absolute atomic E-state index is 0.826. The summed E-state index contributed by atoms with van der Waals surface area (Å²) in [7, 11) is 11.0. The summed E-state index contributed by atoms with van der Waals surface area (Å²) in [6.45, 7) is 13.3. The second-order valence-corrected chi connectivity index (χ2v) is 16.9. The van der Waals surface area contributed by atoms with Crippen LogP contribution < -0.4 is 0 Å². The summed E-state index contributed by atoms with van der Waals surface area (Å²) in [4.78, 5) is 0. The van der Waals surface area contributed by atoms with Gasteiger partial charge in [0.05, 0.1) is 0 Å². The van der Waals surface area contributed by atoms with Crippen LogP contribution in [-0.4, -0.2) is 9.52 Å². The second-order valence-electron chi connectivity index (χ2n) is 12.2. The molecule has 0 spiro atoms. The third kappa shape index (κ3) is 11.4. The fourth-order valence-electron chi connectivity index (χ4n) is 6.31. The van der Waals surface area contributed by atoms with Crippen LogP contribution >= 0.6 is 17.0 Å². The van der Waals surface area contributed by atoms with Crippen molar-refractivity contribution in [1.82, 2.24) is 0 Å². The minimum atomic E-state index is -0.826. The van der Waals surface area contributed by atoms with E-state index in [9.17, 15) is 0 Å². The van der Waals surface area contributed by atoms with Gasteiger partial charge in [0.25, 0.3) is 0 Å². The Morgan fingerprint density at radius 2 is 0.917 bits per heavy atom. The van der Waals surface area contributed by atoms with Crippen molar-refractivity contribution in [1.29, 1.82) is 0 Å². The van der Waals surface area contributed by atoms with Gasteiger partial charge >= 0.3 is 37.9 Å². The van der Waals surface area contributed by atoms with Crippen molar-refractivity contribution in [3.63, 3.8) is 0 Å². The zero-order chi connectivity index (χ0) is 34.7. The molecule has 0 unspecified atom stereocenters. The SMILES string of the molecule is CCCCc1cc2c(-c3ccccc3)c(CC)ccc2[cH-]1.CCCCc1cc2c(-c3ccccc3)c(CC)ccc2[cH-]1.C[Si]C.[Cl][Zr+2][Cl]. The van der Waals surface area contributed by atoms with Gasteiger partial charge in [-0.3, -0.25) is 0 Å². The first kappa shape index (κ1) is 40.2. The Morgan fingerprint density at radius 1 is 0.562 bits per heavy atom. The van der Waals surface area contributed by atoms with Gasteiger partial charge < -0.3 is 0 Å². The number of hydrogen-bond acceptors (Lipinski definition) is 0. The first-order chi connectivity index (χ1) is 23.5. The molecule has 0 aliphatic carbocycles. The van der Waals surface area contributed by atoms with E-state index in [4.69, 9.17) is 17.0 Å². The fraction of sp³-hybridized carbons (Fsp3) is 0.318. The molecule has 0 bridgehead atoms. The molecule has 0 amide bonds. The topological polar surface area (TPSA) is 0 Å². The molecule has 0 saturated heterocycles. The molecule has 6 aromatic rings. The van der Waals surface area contributed by atoms with E-state index in [-0.39, 0.29) is 0 Å². The normalized spacial score (nSPS) is 10.3. The van der Waals surface area contributed by atoms with Crippen LogP contribution in [0.1, 0.15) is 75.6 Å². The number of benzene rings is 4. The van der Waals surface area contributed by atoms with E-state index in [0.717, 1.165) is 22.4 Å². The number of unbranched alkanes of at least 4 members (excludes halogenated alkanes) is 2. The summed E-state index contributed by atoms with van der Waals surface area (Å²) >= 11 is -0.826. The molecule has 0 nitrogen and oxygen atoms in total. The van der Waals surface area contributed by atoms with E-state index < -0.39 is 20.8 Å². The zero-order valence-corrected chi connectivity index (χ0v) is 34.8. The van der Waals surface area contributed by atoms with Gasteiger partial charge in [0.15, 0.2) is 0 Å². The molecule has 0 atom stereocenters. The molecule has 0 saturated carbocycles. The molecule has 2 radical (unpaired) electrons. The van der Waals surface area contributed by atoms with Crippen LogP contribution in [0.15, 0.2) is 109 Å². The van der Waals surface area contributed by atoms with Crippen LogP contribution in [0.4, 0.5) is 0 Å². The Hall–Kier alpha value is -2.22. The average molecular weight is 771 g/mol. The summed E-state index contributed by atoms with van der Waals surface area (Å²) < 4.78 is 0. The quantitative estimate of drug-likeness (QED) is 0.0961. The average Bonchev–Trinajstić information content (AvgIpc) is 3.74. The summed E-state index contributed by atoms with van der Waals surface area (Å²) in [5, 5.41) is 5.62. The Kier molecular flexibility index (Phi) is 18.8. The number of fused-ring (bicyclic) bond motifs is 2. The van der Waals surface area contributed by atoms with E-state index >= 15 is 0 Å². The molecular formula is C44H52Cl2SiZr. The van der Waals surface area contributed by atoms with Crippen molar-refractivity contribution in [2.75, 3.05) is 0 Å². The van der Waals surface area contributed by atoms with Gasteiger partial charge in [0.2, 0.25) is 0 Å². The van der Waals surface area contributed by atoms with Crippen LogP contribution in [0.5, 0.6) is 0 Å². The monoisotopic (exact) mass is 768 g/mol. The van der Waals surface area contributed by atoms with Crippen LogP contribution in [0.25, 0.3) is 43.8 Å². The fourth-order valence-corrected chi connectivity index (χ4v) is 6.31. The van der Waals surface area contributed by atoms with Crippen molar-refractivity contribution < 1.29 is 20.8 Å². The van der Waals surface area contributed by atoms with Gasteiger partial charge in [-0.1, -0.05) is 149 Å². The molecule has 4 heteroatoms. The number of hydrogen-bond donors (Lipinski definition) is 0. The molecule has 250 valence electrons. The van der Waals surface area contributed by atoms with Crippen LogP contribution in [-0.2, 0) is 46.5 Å². The maximum atomic E-state index is 4.93. The van der Waals surface area contributed by atoms with Gasteiger partial charge in [-0.25, -0.2) is 0 Å². The molecule has 0 aromatic heterocycles. The first-order valence-corrected chi connectivity index (χ1v) is 25.9. The Balaban J connectivity index is 0.000000224. The Bertz CT molecular complexity index is 1620. The summed E-state index contributed by atoms with van der Waals surface area (Å²) in [6.07, 6.45) is 9.61. The molecule has 48 heavy (non-hydrogen) atoms.